The summed E-state index contributed by atoms with van der Waals surface area (Å²) in [5.41, 5.74) is 0. The van der Waals surface area contributed by atoms with Gasteiger partial charge in [-0.15, -0.1) is 0 Å². The van der Waals surface area contributed by atoms with Gasteiger partial charge in [-0.1, -0.05) is 0 Å². The van der Waals surface area contributed by atoms with Gasteiger partial charge in [-0.3, -0.25) is 4.90 Å². The standard InChI is InChI=1S/C10H23NO2/c1-8(2)12-10(5,11(6)7)13-9(3)4/h8-9H,1-7H3. The molecule has 0 saturated heterocycles. The Kier molecular flexibility index (Phi) is 4.89. The molecule has 0 aromatic rings. The average molecular weight is 189 g/mol. The Morgan fingerprint density at radius 2 is 1.23 bits per heavy atom. The van der Waals surface area contributed by atoms with Gasteiger partial charge in [-0.2, -0.15) is 0 Å². The maximum Gasteiger partial charge on any atom is 0.226 e. The zero-order valence-electron chi connectivity index (χ0n) is 9.92. The molecule has 80 valence electrons. The molecule has 0 aromatic heterocycles. The van der Waals surface area contributed by atoms with E-state index in [1.54, 1.807) is 0 Å². The van der Waals surface area contributed by atoms with Crippen LogP contribution >= 0.6 is 0 Å². The van der Waals surface area contributed by atoms with Crippen molar-refractivity contribution in [2.45, 2.75) is 52.7 Å². The van der Waals surface area contributed by atoms with Crippen LogP contribution in [0.25, 0.3) is 0 Å². The van der Waals surface area contributed by atoms with Crippen LogP contribution < -0.4 is 0 Å². The average Bonchev–Trinajstić information content (AvgIpc) is 1.82. The molecule has 0 saturated carbocycles. The zero-order chi connectivity index (χ0) is 10.6. The molecule has 0 aliphatic carbocycles. The molecule has 0 aliphatic heterocycles. The van der Waals surface area contributed by atoms with E-state index in [1.165, 1.54) is 0 Å². The summed E-state index contributed by atoms with van der Waals surface area (Å²) in [5.74, 6) is -0.623. The van der Waals surface area contributed by atoms with Crippen molar-refractivity contribution in [2.75, 3.05) is 14.1 Å². The molecular weight excluding hydrogens is 166 g/mol. The highest BCUT2D eigenvalue weighted by atomic mass is 16.7. The van der Waals surface area contributed by atoms with Gasteiger partial charge in [0.05, 0.1) is 12.2 Å². The van der Waals surface area contributed by atoms with Crippen LogP contribution in [-0.4, -0.2) is 37.1 Å². The summed E-state index contributed by atoms with van der Waals surface area (Å²) in [5, 5.41) is 0. The van der Waals surface area contributed by atoms with E-state index in [-0.39, 0.29) is 12.2 Å². The number of ether oxygens (including phenoxy) is 2. The lowest BCUT2D eigenvalue weighted by Crippen LogP contribution is -2.49. The van der Waals surface area contributed by atoms with Crippen molar-refractivity contribution in [3.63, 3.8) is 0 Å². The van der Waals surface area contributed by atoms with E-state index < -0.39 is 5.91 Å². The normalized spacial score (nSPS) is 13.4. The third-order valence-electron chi connectivity index (χ3n) is 1.72. The van der Waals surface area contributed by atoms with Gasteiger partial charge in [-0.25, -0.2) is 0 Å². The molecule has 0 unspecified atom stereocenters. The minimum absolute atomic E-state index is 0.158. The molecule has 0 bridgehead atoms. The molecule has 0 rings (SSSR count). The van der Waals surface area contributed by atoms with Gasteiger partial charge in [0.2, 0.25) is 5.91 Å². The molecule has 3 nitrogen and oxygen atoms in total. The van der Waals surface area contributed by atoms with Gasteiger partial charge in [0.25, 0.3) is 0 Å². The van der Waals surface area contributed by atoms with Gasteiger partial charge in [0, 0.05) is 6.92 Å². The molecule has 0 radical (unpaired) electrons. The highest BCUT2D eigenvalue weighted by Crippen LogP contribution is 2.19. The molecule has 0 heterocycles. The minimum atomic E-state index is -0.623. The number of hydrogen-bond acceptors (Lipinski definition) is 3. The quantitative estimate of drug-likeness (QED) is 0.618. The third kappa shape index (κ3) is 4.60. The zero-order valence-corrected chi connectivity index (χ0v) is 9.92. The fraction of sp³-hybridized carbons (Fsp3) is 1.00. The first-order valence-corrected chi connectivity index (χ1v) is 4.81. The Labute approximate surface area is 82.0 Å². The first-order chi connectivity index (χ1) is 5.78. The Balaban J connectivity index is 4.34. The van der Waals surface area contributed by atoms with Crippen LogP contribution in [0.15, 0.2) is 0 Å². The SMILES string of the molecule is CC(C)OC(C)(OC(C)C)N(C)C. The Hall–Kier alpha value is -0.120. The lowest BCUT2D eigenvalue weighted by atomic mass is 10.4. The molecule has 0 fully saturated rings. The molecule has 0 atom stereocenters. The predicted molar refractivity (Wildman–Crippen MR) is 54.5 cm³/mol. The third-order valence-corrected chi connectivity index (χ3v) is 1.72. The highest BCUT2D eigenvalue weighted by Gasteiger charge is 2.31. The van der Waals surface area contributed by atoms with E-state index in [4.69, 9.17) is 9.47 Å². The fourth-order valence-electron chi connectivity index (χ4n) is 1.11. The van der Waals surface area contributed by atoms with E-state index in [0.29, 0.717) is 0 Å². The summed E-state index contributed by atoms with van der Waals surface area (Å²) in [7, 11) is 3.90. The summed E-state index contributed by atoms with van der Waals surface area (Å²) in [6, 6.07) is 0. The Morgan fingerprint density at radius 1 is 0.923 bits per heavy atom. The van der Waals surface area contributed by atoms with Crippen molar-refractivity contribution in [1.82, 2.24) is 4.90 Å². The second kappa shape index (κ2) is 4.94. The molecular formula is C10H23NO2. The van der Waals surface area contributed by atoms with Crippen molar-refractivity contribution in [3.8, 4) is 0 Å². The summed E-state index contributed by atoms with van der Waals surface area (Å²) in [6.45, 7) is 9.96. The van der Waals surface area contributed by atoms with Crippen molar-refractivity contribution >= 4 is 0 Å². The highest BCUT2D eigenvalue weighted by molar-refractivity contribution is 4.62. The number of hydrogen-bond donors (Lipinski definition) is 0. The summed E-state index contributed by atoms with van der Waals surface area (Å²) < 4.78 is 11.4. The lowest BCUT2D eigenvalue weighted by Gasteiger charge is -2.38. The topological polar surface area (TPSA) is 21.7 Å². The van der Waals surface area contributed by atoms with Crippen LogP contribution in [0.3, 0.4) is 0 Å². The molecule has 0 aliphatic rings. The van der Waals surface area contributed by atoms with Crippen LogP contribution in [0.5, 0.6) is 0 Å². The van der Waals surface area contributed by atoms with Crippen molar-refractivity contribution in [3.05, 3.63) is 0 Å². The van der Waals surface area contributed by atoms with Crippen LogP contribution in [0.2, 0.25) is 0 Å². The maximum absolute atomic E-state index is 5.71. The molecule has 0 N–H and O–H groups in total. The van der Waals surface area contributed by atoms with E-state index in [9.17, 15) is 0 Å². The first kappa shape index (κ1) is 12.9. The number of rotatable bonds is 5. The number of nitrogens with zero attached hydrogens (tertiary/aromatic N) is 1. The second-order valence-electron chi connectivity index (χ2n) is 4.13. The molecule has 13 heavy (non-hydrogen) atoms. The minimum Gasteiger partial charge on any atom is -0.335 e. The van der Waals surface area contributed by atoms with Crippen LogP contribution in [0.4, 0.5) is 0 Å². The van der Waals surface area contributed by atoms with Crippen LogP contribution in [0.1, 0.15) is 34.6 Å². The fourth-order valence-corrected chi connectivity index (χ4v) is 1.11. The van der Waals surface area contributed by atoms with Gasteiger partial charge >= 0.3 is 0 Å². The summed E-state index contributed by atoms with van der Waals surface area (Å²) in [6.07, 6.45) is 0.317. The van der Waals surface area contributed by atoms with Crippen LogP contribution in [-0.2, 0) is 9.47 Å². The summed E-state index contributed by atoms with van der Waals surface area (Å²) in [4.78, 5) is 1.94. The van der Waals surface area contributed by atoms with E-state index in [2.05, 4.69) is 0 Å². The van der Waals surface area contributed by atoms with Crippen molar-refractivity contribution in [1.29, 1.82) is 0 Å². The van der Waals surface area contributed by atoms with Gasteiger partial charge in [0.15, 0.2) is 0 Å². The molecule has 0 amide bonds. The van der Waals surface area contributed by atoms with E-state index in [0.717, 1.165) is 0 Å². The molecule has 0 spiro atoms. The van der Waals surface area contributed by atoms with Gasteiger partial charge in [-0.05, 0) is 41.8 Å². The lowest BCUT2D eigenvalue weighted by molar-refractivity contribution is -0.321. The van der Waals surface area contributed by atoms with Crippen LogP contribution in [0, 0.1) is 0 Å². The Bertz CT molecular complexity index is 134. The monoisotopic (exact) mass is 189 g/mol. The second-order valence-corrected chi connectivity index (χ2v) is 4.13. The largest absolute Gasteiger partial charge is 0.335 e. The first-order valence-electron chi connectivity index (χ1n) is 4.81. The Morgan fingerprint density at radius 3 is 1.38 bits per heavy atom. The van der Waals surface area contributed by atoms with E-state index >= 15 is 0 Å². The molecule has 0 aromatic carbocycles. The van der Waals surface area contributed by atoms with Gasteiger partial charge in [0.1, 0.15) is 0 Å². The van der Waals surface area contributed by atoms with Crippen molar-refractivity contribution in [2.24, 2.45) is 0 Å². The predicted octanol–water partition coefficient (Wildman–Crippen LogP) is 2.07. The smallest absolute Gasteiger partial charge is 0.226 e. The maximum atomic E-state index is 5.71. The van der Waals surface area contributed by atoms with Crippen molar-refractivity contribution < 1.29 is 9.47 Å². The molecule has 3 heteroatoms. The van der Waals surface area contributed by atoms with Gasteiger partial charge < -0.3 is 9.47 Å². The van der Waals surface area contributed by atoms with E-state index in [1.807, 2.05) is 53.6 Å². The summed E-state index contributed by atoms with van der Waals surface area (Å²) >= 11 is 0.